The minimum Gasteiger partial charge on any atom is -0.384 e. The molecule has 4 heteroatoms. The van der Waals surface area contributed by atoms with Crippen molar-refractivity contribution in [3.63, 3.8) is 0 Å². The van der Waals surface area contributed by atoms with Gasteiger partial charge >= 0.3 is 0 Å². The number of halogens is 1. The lowest BCUT2D eigenvalue weighted by Crippen LogP contribution is -1.89. The highest BCUT2D eigenvalue weighted by Gasteiger charge is 2.03. The molecule has 2 rings (SSSR count). The number of rotatable bonds is 3. The third kappa shape index (κ3) is 4.09. The molecule has 19 heavy (non-hydrogen) atoms. The van der Waals surface area contributed by atoms with Crippen LogP contribution in [0.2, 0.25) is 0 Å². The van der Waals surface area contributed by atoms with Crippen molar-refractivity contribution in [2.45, 2.75) is 10.6 Å². The van der Waals surface area contributed by atoms with Crippen molar-refractivity contribution in [3.05, 3.63) is 59.7 Å². The summed E-state index contributed by atoms with van der Waals surface area (Å²) in [5.74, 6) is 5.46. The van der Waals surface area contributed by atoms with Crippen molar-refractivity contribution in [1.29, 1.82) is 0 Å². The van der Waals surface area contributed by atoms with E-state index in [0.29, 0.717) is 16.9 Å². The molecule has 0 unspecified atom stereocenters. The smallest absolute Gasteiger partial charge is 0.128 e. The topological polar surface area (TPSA) is 33.1 Å². The van der Waals surface area contributed by atoms with Gasteiger partial charge in [0.2, 0.25) is 0 Å². The Morgan fingerprint density at radius 1 is 1.21 bits per heavy atom. The summed E-state index contributed by atoms with van der Waals surface area (Å²) < 4.78 is 13.8. The highest BCUT2D eigenvalue weighted by molar-refractivity contribution is 7.98. The van der Waals surface area contributed by atoms with Gasteiger partial charge in [0.15, 0.2) is 0 Å². The highest BCUT2D eigenvalue weighted by Crippen LogP contribution is 2.23. The first-order valence-corrected chi connectivity index (χ1v) is 6.69. The van der Waals surface area contributed by atoms with Gasteiger partial charge in [0.05, 0.1) is 0 Å². The van der Waals surface area contributed by atoms with Crippen LogP contribution < -0.4 is 0 Å². The Hall–Kier alpha value is -1.83. The number of pyridine rings is 1. The standard InChI is InChI=1S/C15H12FNOS/c16-15-10-12(2-1-9-18)3-4-13(15)11-19-14-5-7-17-8-6-14/h3-8,10,18H,9,11H2. The number of thioether (sulfide) groups is 1. The van der Waals surface area contributed by atoms with Gasteiger partial charge in [-0.05, 0) is 29.8 Å². The number of nitrogens with zero attached hydrogens (tertiary/aromatic N) is 1. The summed E-state index contributed by atoms with van der Waals surface area (Å²) >= 11 is 1.56. The largest absolute Gasteiger partial charge is 0.384 e. The molecule has 96 valence electrons. The Kier molecular flexibility index (Phi) is 4.96. The van der Waals surface area contributed by atoms with Crippen molar-refractivity contribution < 1.29 is 9.50 Å². The predicted octanol–water partition coefficient (Wildman–Crippen LogP) is 2.86. The number of aromatic nitrogens is 1. The zero-order chi connectivity index (χ0) is 13.5. The van der Waals surface area contributed by atoms with Gasteiger partial charge in [-0.1, -0.05) is 17.9 Å². The van der Waals surface area contributed by atoms with E-state index in [2.05, 4.69) is 16.8 Å². The van der Waals surface area contributed by atoms with E-state index in [1.54, 1.807) is 36.3 Å². The van der Waals surface area contributed by atoms with Crippen LogP contribution in [0.4, 0.5) is 4.39 Å². The normalized spacial score (nSPS) is 9.79. The summed E-state index contributed by atoms with van der Waals surface area (Å²) in [4.78, 5) is 4.99. The molecule has 0 radical (unpaired) electrons. The minimum absolute atomic E-state index is 0.221. The number of benzene rings is 1. The van der Waals surface area contributed by atoms with Crippen molar-refractivity contribution in [2.24, 2.45) is 0 Å². The second kappa shape index (κ2) is 6.93. The molecule has 0 fully saturated rings. The van der Waals surface area contributed by atoms with Gasteiger partial charge in [0.1, 0.15) is 12.4 Å². The molecule has 0 spiro atoms. The monoisotopic (exact) mass is 273 g/mol. The first-order chi connectivity index (χ1) is 9.29. The predicted molar refractivity (Wildman–Crippen MR) is 74.2 cm³/mol. The maximum absolute atomic E-state index is 13.8. The van der Waals surface area contributed by atoms with Gasteiger partial charge in [-0.25, -0.2) is 4.39 Å². The molecular weight excluding hydrogens is 261 g/mol. The van der Waals surface area contributed by atoms with Crippen LogP contribution >= 0.6 is 11.8 Å². The number of hydrogen-bond acceptors (Lipinski definition) is 3. The molecule has 0 saturated carbocycles. The summed E-state index contributed by atoms with van der Waals surface area (Å²) in [6, 6.07) is 8.66. The van der Waals surface area contributed by atoms with Crippen LogP contribution in [0.25, 0.3) is 0 Å². The van der Waals surface area contributed by atoms with Crippen LogP contribution in [-0.2, 0) is 5.75 Å². The molecule has 1 N–H and O–H groups in total. The summed E-state index contributed by atoms with van der Waals surface area (Å²) in [5, 5.41) is 8.59. The number of aliphatic hydroxyl groups is 1. The zero-order valence-electron chi connectivity index (χ0n) is 10.1. The van der Waals surface area contributed by atoms with E-state index >= 15 is 0 Å². The van der Waals surface area contributed by atoms with Crippen molar-refractivity contribution >= 4 is 11.8 Å². The lowest BCUT2D eigenvalue weighted by molar-refractivity contribution is 0.350. The fourth-order valence-corrected chi connectivity index (χ4v) is 2.35. The van der Waals surface area contributed by atoms with Crippen LogP contribution in [0.5, 0.6) is 0 Å². The van der Waals surface area contributed by atoms with Gasteiger partial charge in [0.25, 0.3) is 0 Å². The van der Waals surface area contributed by atoms with Crippen LogP contribution in [0.1, 0.15) is 11.1 Å². The summed E-state index contributed by atoms with van der Waals surface area (Å²) in [6.07, 6.45) is 3.43. The number of aliphatic hydroxyl groups excluding tert-OH is 1. The van der Waals surface area contributed by atoms with E-state index in [1.165, 1.54) is 6.07 Å². The van der Waals surface area contributed by atoms with Crippen LogP contribution in [0.15, 0.2) is 47.6 Å². The third-order valence-corrected chi connectivity index (χ3v) is 3.47. The van der Waals surface area contributed by atoms with Crippen molar-refractivity contribution in [3.8, 4) is 11.8 Å². The Morgan fingerprint density at radius 3 is 2.68 bits per heavy atom. The average molecular weight is 273 g/mol. The fraction of sp³-hybridized carbons (Fsp3) is 0.133. The van der Waals surface area contributed by atoms with Gasteiger partial charge in [-0.3, -0.25) is 4.98 Å². The van der Waals surface area contributed by atoms with E-state index in [4.69, 9.17) is 5.11 Å². The van der Waals surface area contributed by atoms with E-state index in [1.807, 2.05) is 12.1 Å². The third-order valence-electron chi connectivity index (χ3n) is 2.41. The zero-order valence-corrected chi connectivity index (χ0v) is 11.0. The molecule has 0 atom stereocenters. The number of hydrogen-bond donors (Lipinski definition) is 1. The molecule has 0 bridgehead atoms. The molecule has 1 aromatic heterocycles. The average Bonchev–Trinajstić information content (AvgIpc) is 2.45. The van der Waals surface area contributed by atoms with Crippen molar-refractivity contribution in [1.82, 2.24) is 4.98 Å². The second-order valence-corrected chi connectivity index (χ2v) is 4.79. The van der Waals surface area contributed by atoms with E-state index in [0.717, 1.165) is 4.90 Å². The lowest BCUT2D eigenvalue weighted by atomic mass is 10.1. The van der Waals surface area contributed by atoms with E-state index in [9.17, 15) is 4.39 Å². The molecule has 0 amide bonds. The van der Waals surface area contributed by atoms with Crippen LogP contribution in [-0.4, -0.2) is 16.7 Å². The van der Waals surface area contributed by atoms with E-state index < -0.39 is 0 Å². The first kappa shape index (κ1) is 13.6. The van der Waals surface area contributed by atoms with Crippen LogP contribution in [0.3, 0.4) is 0 Å². The maximum atomic E-state index is 13.8. The van der Waals surface area contributed by atoms with Gasteiger partial charge in [-0.15, -0.1) is 11.8 Å². The molecule has 1 aromatic carbocycles. The summed E-state index contributed by atoms with van der Waals surface area (Å²) in [6.45, 7) is -0.221. The fourth-order valence-electron chi connectivity index (χ4n) is 1.48. The Morgan fingerprint density at radius 2 is 2.00 bits per heavy atom. The summed E-state index contributed by atoms with van der Waals surface area (Å²) in [5.41, 5.74) is 1.21. The summed E-state index contributed by atoms with van der Waals surface area (Å²) in [7, 11) is 0. The lowest BCUT2D eigenvalue weighted by Gasteiger charge is -2.03. The SMILES string of the molecule is OCC#Cc1ccc(CSc2ccncc2)c(F)c1. The second-order valence-electron chi connectivity index (χ2n) is 3.74. The molecule has 0 saturated heterocycles. The van der Waals surface area contributed by atoms with Gasteiger partial charge in [-0.2, -0.15) is 0 Å². The van der Waals surface area contributed by atoms with Crippen LogP contribution in [0, 0.1) is 17.7 Å². The van der Waals surface area contributed by atoms with E-state index in [-0.39, 0.29) is 12.4 Å². The molecule has 0 aliphatic rings. The Bertz CT molecular complexity index is 605. The van der Waals surface area contributed by atoms with Gasteiger partial charge in [0, 0.05) is 28.6 Å². The minimum atomic E-state index is -0.272. The van der Waals surface area contributed by atoms with Crippen molar-refractivity contribution in [2.75, 3.05) is 6.61 Å². The molecule has 2 aromatic rings. The molecule has 2 nitrogen and oxygen atoms in total. The molecule has 0 aliphatic heterocycles. The first-order valence-electron chi connectivity index (χ1n) is 5.70. The molecular formula is C15H12FNOS. The Balaban J connectivity index is 2.05. The Labute approximate surface area is 115 Å². The quantitative estimate of drug-likeness (QED) is 0.689. The highest BCUT2D eigenvalue weighted by atomic mass is 32.2. The maximum Gasteiger partial charge on any atom is 0.128 e. The molecule has 1 heterocycles. The molecule has 0 aliphatic carbocycles. The van der Waals surface area contributed by atoms with Gasteiger partial charge < -0.3 is 5.11 Å².